The second-order valence-electron chi connectivity index (χ2n) is 7.95. The highest BCUT2D eigenvalue weighted by atomic mass is 127. The molecule has 3 aromatic carbocycles. The number of nitrogens with zero attached hydrogens (tertiary/aromatic N) is 1. The maximum atomic E-state index is 13.3. The molecule has 1 saturated heterocycles. The predicted octanol–water partition coefficient (Wildman–Crippen LogP) is 7.94. The summed E-state index contributed by atoms with van der Waals surface area (Å²) in [5.41, 5.74) is 4.70. The zero-order valence-corrected chi connectivity index (χ0v) is 24.0. The molecule has 0 saturated carbocycles. The van der Waals surface area contributed by atoms with Crippen LogP contribution in [0.3, 0.4) is 0 Å². The molecule has 35 heavy (non-hydrogen) atoms. The number of anilines is 1. The highest BCUT2D eigenvalue weighted by molar-refractivity contribution is 14.1. The van der Waals surface area contributed by atoms with Gasteiger partial charge in [0, 0.05) is 10.6 Å². The van der Waals surface area contributed by atoms with Crippen molar-refractivity contribution in [1.82, 2.24) is 0 Å². The van der Waals surface area contributed by atoms with Gasteiger partial charge in [-0.2, -0.15) is 0 Å². The topological polar surface area (TPSA) is 38.8 Å². The molecule has 0 aliphatic carbocycles. The van der Waals surface area contributed by atoms with Crippen LogP contribution in [0.2, 0.25) is 5.02 Å². The van der Waals surface area contributed by atoms with Crippen LogP contribution in [-0.4, -0.2) is 16.8 Å². The van der Waals surface area contributed by atoms with Crippen molar-refractivity contribution >= 4 is 80.2 Å². The average molecular weight is 636 g/mol. The molecule has 1 fully saturated rings. The van der Waals surface area contributed by atoms with Crippen LogP contribution in [0.25, 0.3) is 6.08 Å². The van der Waals surface area contributed by atoms with E-state index in [2.05, 4.69) is 28.7 Å². The summed E-state index contributed by atoms with van der Waals surface area (Å²) in [6, 6.07) is 17.4. The summed E-state index contributed by atoms with van der Waals surface area (Å²) in [4.78, 5) is 15.5. The van der Waals surface area contributed by atoms with Crippen LogP contribution in [-0.2, 0) is 11.4 Å². The summed E-state index contributed by atoms with van der Waals surface area (Å²) < 4.78 is 13.4. The van der Waals surface area contributed by atoms with Gasteiger partial charge in [0.1, 0.15) is 6.61 Å². The highest BCUT2D eigenvalue weighted by Crippen LogP contribution is 2.40. The highest BCUT2D eigenvalue weighted by Gasteiger charge is 2.34. The van der Waals surface area contributed by atoms with Gasteiger partial charge in [0.2, 0.25) is 0 Å². The third kappa shape index (κ3) is 5.85. The Morgan fingerprint density at radius 2 is 1.89 bits per heavy atom. The maximum Gasteiger partial charge on any atom is 0.270 e. The Morgan fingerprint density at radius 1 is 1.11 bits per heavy atom. The van der Waals surface area contributed by atoms with E-state index in [9.17, 15) is 4.79 Å². The molecule has 0 N–H and O–H groups in total. The average Bonchev–Trinajstić information content (AvgIpc) is 3.07. The van der Waals surface area contributed by atoms with Gasteiger partial charge >= 0.3 is 0 Å². The lowest BCUT2D eigenvalue weighted by Crippen LogP contribution is -2.28. The molecule has 8 heteroatoms. The smallest absolute Gasteiger partial charge is 0.270 e. The Hall–Kier alpha value is -2.07. The summed E-state index contributed by atoms with van der Waals surface area (Å²) in [7, 11) is 0. The fraction of sp³-hybridized carbons (Fsp3) is 0.185. The molecule has 0 unspecified atom stereocenters. The van der Waals surface area contributed by atoms with E-state index in [1.807, 2.05) is 75.4 Å². The van der Waals surface area contributed by atoms with Crippen molar-refractivity contribution in [3.05, 3.63) is 90.3 Å². The lowest BCUT2D eigenvalue weighted by molar-refractivity contribution is -0.113. The standard InChI is InChI=1S/C27H23ClINO3S2/c1-4-32-23-13-18(12-21(29)25(23)33-15-19-7-5-6-8-20(19)28)14-24-26(31)30(27(34)35-24)22-10-9-16(2)11-17(22)3/h5-14H,4,15H2,1-3H3/b24-14-. The minimum Gasteiger partial charge on any atom is -0.490 e. The van der Waals surface area contributed by atoms with Gasteiger partial charge in [-0.3, -0.25) is 9.69 Å². The number of hydrogen-bond acceptors (Lipinski definition) is 5. The molecule has 1 amide bonds. The molecule has 0 aromatic heterocycles. The fourth-order valence-corrected chi connectivity index (χ4v) is 5.98. The second kappa shape index (κ2) is 11.3. The molecule has 1 aliphatic rings. The van der Waals surface area contributed by atoms with E-state index in [1.54, 1.807) is 4.90 Å². The zero-order valence-electron chi connectivity index (χ0n) is 19.4. The summed E-state index contributed by atoms with van der Waals surface area (Å²) in [6.07, 6.45) is 1.85. The van der Waals surface area contributed by atoms with Crippen LogP contribution < -0.4 is 14.4 Å². The molecule has 0 radical (unpaired) electrons. The van der Waals surface area contributed by atoms with Gasteiger partial charge < -0.3 is 9.47 Å². The molecule has 0 spiro atoms. The maximum absolute atomic E-state index is 13.3. The Balaban J connectivity index is 1.62. The number of halogens is 2. The molecule has 4 nitrogen and oxygen atoms in total. The van der Waals surface area contributed by atoms with Crippen molar-refractivity contribution in [1.29, 1.82) is 0 Å². The van der Waals surface area contributed by atoms with Gasteiger partial charge in [0.05, 0.1) is 20.8 Å². The Bertz CT molecular complexity index is 1340. The van der Waals surface area contributed by atoms with Crippen molar-refractivity contribution in [3.63, 3.8) is 0 Å². The van der Waals surface area contributed by atoms with Crippen LogP contribution in [0, 0.1) is 17.4 Å². The van der Waals surface area contributed by atoms with Crippen LogP contribution >= 0.6 is 58.2 Å². The van der Waals surface area contributed by atoms with Gasteiger partial charge in [-0.25, -0.2) is 0 Å². The quantitative estimate of drug-likeness (QED) is 0.150. The molecule has 3 aromatic rings. The fourth-order valence-electron chi connectivity index (χ4n) is 3.72. The SMILES string of the molecule is CCOc1cc(/C=C2\SC(=S)N(c3ccc(C)cc3C)C2=O)cc(I)c1OCc1ccccc1Cl. The number of ether oxygens (including phenoxy) is 2. The van der Waals surface area contributed by atoms with Crippen molar-refractivity contribution in [3.8, 4) is 11.5 Å². The van der Waals surface area contributed by atoms with Gasteiger partial charge in [0.25, 0.3) is 5.91 Å². The van der Waals surface area contributed by atoms with Gasteiger partial charge in [0.15, 0.2) is 15.8 Å². The molecule has 180 valence electrons. The lowest BCUT2D eigenvalue weighted by Gasteiger charge is -2.17. The molecular weight excluding hydrogens is 613 g/mol. The Kier molecular flexibility index (Phi) is 8.42. The number of thioether (sulfide) groups is 1. The molecular formula is C27H23ClINO3S2. The first-order valence-corrected chi connectivity index (χ1v) is 13.6. The number of amides is 1. The third-order valence-electron chi connectivity index (χ3n) is 5.35. The Morgan fingerprint density at radius 3 is 2.60 bits per heavy atom. The van der Waals surface area contributed by atoms with Gasteiger partial charge in [-0.15, -0.1) is 0 Å². The first-order valence-electron chi connectivity index (χ1n) is 11.0. The first-order chi connectivity index (χ1) is 16.8. The van der Waals surface area contributed by atoms with Gasteiger partial charge in [-0.1, -0.05) is 71.5 Å². The number of thiocarbonyl (C=S) groups is 1. The summed E-state index contributed by atoms with van der Waals surface area (Å²) in [6.45, 7) is 6.75. The first kappa shape index (κ1) is 26.0. The van der Waals surface area contributed by atoms with E-state index in [1.165, 1.54) is 11.8 Å². The van der Waals surface area contributed by atoms with E-state index >= 15 is 0 Å². The molecule has 4 rings (SSSR count). The predicted molar refractivity (Wildman–Crippen MR) is 158 cm³/mol. The minimum atomic E-state index is -0.126. The van der Waals surface area contributed by atoms with E-state index in [4.69, 9.17) is 33.3 Å². The van der Waals surface area contributed by atoms with Crippen molar-refractivity contribution in [2.45, 2.75) is 27.4 Å². The lowest BCUT2D eigenvalue weighted by atomic mass is 10.1. The summed E-state index contributed by atoms with van der Waals surface area (Å²) >= 11 is 15.4. The third-order valence-corrected chi connectivity index (χ3v) is 7.82. The van der Waals surface area contributed by atoms with Crippen LogP contribution in [0.1, 0.15) is 29.2 Å². The van der Waals surface area contributed by atoms with E-state index in [0.29, 0.717) is 39.0 Å². The van der Waals surface area contributed by atoms with Crippen molar-refractivity contribution in [2.24, 2.45) is 0 Å². The zero-order chi connectivity index (χ0) is 25.1. The van der Waals surface area contributed by atoms with Crippen molar-refractivity contribution < 1.29 is 14.3 Å². The van der Waals surface area contributed by atoms with Crippen LogP contribution in [0.5, 0.6) is 11.5 Å². The molecule has 1 aliphatic heterocycles. The second-order valence-corrected chi connectivity index (χ2v) is 11.2. The number of rotatable bonds is 7. The normalized spacial score (nSPS) is 14.7. The number of hydrogen-bond donors (Lipinski definition) is 0. The van der Waals surface area contributed by atoms with Crippen molar-refractivity contribution in [2.75, 3.05) is 11.5 Å². The number of carbonyl (C=O) groups excluding carboxylic acids is 1. The number of aryl methyl sites for hydroxylation is 2. The van der Waals surface area contributed by atoms with Crippen LogP contribution in [0.4, 0.5) is 5.69 Å². The summed E-state index contributed by atoms with van der Waals surface area (Å²) in [5.74, 6) is 1.13. The van der Waals surface area contributed by atoms with E-state index in [-0.39, 0.29) is 5.91 Å². The van der Waals surface area contributed by atoms with E-state index < -0.39 is 0 Å². The minimum absolute atomic E-state index is 0.126. The van der Waals surface area contributed by atoms with E-state index in [0.717, 1.165) is 31.5 Å². The molecule has 0 bridgehead atoms. The summed E-state index contributed by atoms with van der Waals surface area (Å²) in [5, 5.41) is 0.655. The van der Waals surface area contributed by atoms with Gasteiger partial charge in [-0.05, 0) is 84.8 Å². The largest absolute Gasteiger partial charge is 0.490 e. The monoisotopic (exact) mass is 635 g/mol. The number of carbonyl (C=O) groups is 1. The van der Waals surface area contributed by atoms with Crippen LogP contribution in [0.15, 0.2) is 59.5 Å². The molecule has 0 atom stereocenters. The number of benzene rings is 3. The Labute approximate surface area is 233 Å². The molecule has 1 heterocycles.